The number of aromatic amines is 1. The Morgan fingerprint density at radius 1 is 1.46 bits per heavy atom. The van der Waals surface area contributed by atoms with Crippen LogP contribution in [0.15, 0.2) is 22.9 Å². The van der Waals surface area contributed by atoms with Crippen molar-refractivity contribution in [3.63, 3.8) is 0 Å². The molecule has 4 heterocycles. The van der Waals surface area contributed by atoms with E-state index in [1.165, 1.54) is 0 Å². The number of hydrogen-bond donors (Lipinski definition) is 1. The van der Waals surface area contributed by atoms with Crippen molar-refractivity contribution in [2.75, 3.05) is 13.1 Å². The van der Waals surface area contributed by atoms with Gasteiger partial charge in [0, 0.05) is 24.4 Å². The fraction of sp³-hybridized carbons (Fsp3) is 0.474. The lowest BCUT2D eigenvalue weighted by Crippen LogP contribution is -2.42. The molecule has 1 N–H and O–H groups in total. The van der Waals surface area contributed by atoms with Crippen molar-refractivity contribution < 1.29 is 4.79 Å². The number of carbonyl (C=O) groups excluding carboxylic acids is 1. The molecule has 9 heteroatoms. The lowest BCUT2D eigenvalue weighted by Gasteiger charge is -2.33. The fourth-order valence-electron chi connectivity index (χ4n) is 3.67. The first-order valence-corrected chi connectivity index (χ1v) is 11.7. The van der Waals surface area contributed by atoms with Crippen molar-refractivity contribution >= 4 is 40.8 Å². The number of aryl methyl sites for hydroxylation is 1. The average molecular weight is 434 g/mol. The molecule has 0 saturated carbocycles. The predicted octanol–water partition coefficient (Wildman–Crippen LogP) is 4.66. The van der Waals surface area contributed by atoms with Gasteiger partial charge in [0.25, 0.3) is 0 Å². The van der Waals surface area contributed by atoms with Gasteiger partial charge in [-0.3, -0.25) is 14.5 Å². The van der Waals surface area contributed by atoms with Gasteiger partial charge >= 0.3 is 0 Å². The molecule has 3 aromatic heterocycles. The molecule has 148 valence electrons. The van der Waals surface area contributed by atoms with E-state index in [2.05, 4.69) is 22.5 Å². The number of nitrogens with one attached hydrogen (secondary N) is 1. The number of rotatable bonds is 5. The van der Waals surface area contributed by atoms with Gasteiger partial charge in [-0.25, -0.2) is 4.98 Å². The van der Waals surface area contributed by atoms with Crippen molar-refractivity contribution in [3.05, 3.63) is 38.4 Å². The molecular formula is C19H23N5OS3. The van der Waals surface area contributed by atoms with Crippen LogP contribution in [0.5, 0.6) is 0 Å². The summed E-state index contributed by atoms with van der Waals surface area (Å²) in [6, 6.07) is 3.57. The summed E-state index contributed by atoms with van der Waals surface area (Å²) in [5.74, 6) is 1.14. The molecule has 28 heavy (non-hydrogen) atoms. The van der Waals surface area contributed by atoms with Crippen molar-refractivity contribution in [2.24, 2.45) is 0 Å². The minimum Gasteiger partial charge on any atom is -0.340 e. The Labute approximate surface area is 177 Å². The first-order chi connectivity index (χ1) is 13.6. The second-order valence-electron chi connectivity index (χ2n) is 7.03. The number of carbonyl (C=O) groups is 1. The summed E-state index contributed by atoms with van der Waals surface area (Å²) in [6.07, 6.45) is 3.03. The molecule has 3 aromatic rings. The molecule has 0 bridgehead atoms. The summed E-state index contributed by atoms with van der Waals surface area (Å²) >= 11 is 8.74. The number of piperidine rings is 1. The topological polar surface area (TPSA) is 66.8 Å². The molecule has 0 spiro atoms. The summed E-state index contributed by atoms with van der Waals surface area (Å²) in [4.78, 5) is 21.0. The fourth-order valence-corrected chi connectivity index (χ4v) is 5.70. The molecule has 2 unspecified atom stereocenters. The van der Waals surface area contributed by atoms with Crippen LogP contribution in [-0.2, 0) is 11.2 Å². The Balaban J connectivity index is 1.54. The zero-order valence-electron chi connectivity index (χ0n) is 15.9. The number of aromatic nitrogens is 4. The van der Waals surface area contributed by atoms with E-state index in [9.17, 15) is 4.79 Å². The standard InChI is InChI=1S/C19H23N5OS3/c1-3-14-11-28-17(20-14)13-6-4-8-23(10-13)18(25)12(2)24-16(21-22-19(24)26)15-7-5-9-27-15/h5,7,9,11-13H,3-4,6,8,10H2,1-2H3,(H,22,26). The molecular weight excluding hydrogens is 410 g/mol. The molecule has 4 rings (SSSR count). The van der Waals surface area contributed by atoms with Gasteiger partial charge in [0.05, 0.1) is 15.6 Å². The number of thiazole rings is 1. The van der Waals surface area contributed by atoms with Crippen molar-refractivity contribution in [2.45, 2.75) is 45.1 Å². The molecule has 6 nitrogen and oxygen atoms in total. The van der Waals surface area contributed by atoms with E-state index < -0.39 is 6.04 Å². The van der Waals surface area contributed by atoms with E-state index in [4.69, 9.17) is 17.2 Å². The van der Waals surface area contributed by atoms with Gasteiger partial charge < -0.3 is 4.90 Å². The highest BCUT2D eigenvalue weighted by Gasteiger charge is 2.31. The monoisotopic (exact) mass is 433 g/mol. The van der Waals surface area contributed by atoms with E-state index >= 15 is 0 Å². The highest BCUT2D eigenvalue weighted by molar-refractivity contribution is 7.71. The third-order valence-corrected chi connectivity index (χ3v) is 7.41. The third kappa shape index (κ3) is 3.70. The van der Waals surface area contributed by atoms with Crippen LogP contribution in [0.4, 0.5) is 0 Å². The van der Waals surface area contributed by atoms with Crippen LogP contribution in [0.3, 0.4) is 0 Å². The maximum atomic E-state index is 13.3. The first-order valence-electron chi connectivity index (χ1n) is 9.52. The highest BCUT2D eigenvalue weighted by Crippen LogP contribution is 2.31. The number of H-pyrrole nitrogens is 1. The zero-order valence-corrected chi connectivity index (χ0v) is 18.4. The molecule has 1 aliphatic heterocycles. The Hall–Kier alpha value is -1.84. The highest BCUT2D eigenvalue weighted by atomic mass is 32.1. The SMILES string of the molecule is CCc1csc(C2CCCN(C(=O)C(C)n3c(-c4cccs4)n[nH]c3=S)C2)n1. The van der Waals surface area contributed by atoms with Gasteiger partial charge in [0.1, 0.15) is 6.04 Å². The van der Waals surface area contributed by atoms with Crippen molar-refractivity contribution in [1.82, 2.24) is 24.6 Å². The predicted molar refractivity (Wildman–Crippen MR) is 115 cm³/mol. The minimum atomic E-state index is -0.399. The van der Waals surface area contributed by atoms with Crippen LogP contribution in [0.2, 0.25) is 0 Å². The zero-order chi connectivity index (χ0) is 19.7. The minimum absolute atomic E-state index is 0.0901. The van der Waals surface area contributed by atoms with Gasteiger partial charge in [0.2, 0.25) is 5.91 Å². The van der Waals surface area contributed by atoms with Gasteiger partial charge in [-0.05, 0) is 49.9 Å². The Bertz CT molecular complexity index is 1000. The molecule has 0 radical (unpaired) electrons. The van der Waals surface area contributed by atoms with Crippen LogP contribution in [0, 0.1) is 4.77 Å². The Morgan fingerprint density at radius 3 is 3.04 bits per heavy atom. The quantitative estimate of drug-likeness (QED) is 0.595. The molecule has 1 aliphatic rings. The smallest absolute Gasteiger partial charge is 0.245 e. The average Bonchev–Trinajstić information content (AvgIpc) is 3.47. The molecule has 1 amide bonds. The number of thiophene rings is 1. The van der Waals surface area contributed by atoms with Gasteiger partial charge in [-0.15, -0.1) is 22.7 Å². The van der Waals surface area contributed by atoms with Gasteiger partial charge in [-0.2, -0.15) is 5.10 Å². The maximum absolute atomic E-state index is 13.3. The molecule has 2 atom stereocenters. The molecule has 0 aromatic carbocycles. The number of nitrogens with zero attached hydrogens (tertiary/aromatic N) is 4. The van der Waals surface area contributed by atoms with E-state index in [-0.39, 0.29) is 5.91 Å². The van der Waals surface area contributed by atoms with Gasteiger partial charge in [0.15, 0.2) is 10.6 Å². The van der Waals surface area contributed by atoms with E-state index in [1.807, 2.05) is 33.9 Å². The van der Waals surface area contributed by atoms with Crippen LogP contribution >= 0.6 is 34.9 Å². The van der Waals surface area contributed by atoms with E-state index in [1.54, 1.807) is 22.7 Å². The number of hydrogen-bond acceptors (Lipinski definition) is 6. The number of likely N-dealkylation sites (tertiary alicyclic amines) is 1. The second kappa shape index (κ2) is 8.26. The first kappa shape index (κ1) is 19.5. The van der Waals surface area contributed by atoms with Gasteiger partial charge in [-0.1, -0.05) is 13.0 Å². The largest absolute Gasteiger partial charge is 0.340 e. The molecule has 0 aliphatic carbocycles. The lowest BCUT2D eigenvalue weighted by atomic mass is 9.98. The molecule has 1 saturated heterocycles. The second-order valence-corrected chi connectivity index (χ2v) is 9.25. The summed E-state index contributed by atoms with van der Waals surface area (Å²) in [6.45, 7) is 5.54. The van der Waals surface area contributed by atoms with Crippen LogP contribution < -0.4 is 0 Å². The van der Waals surface area contributed by atoms with Crippen LogP contribution in [0.1, 0.15) is 49.4 Å². The van der Waals surface area contributed by atoms with Crippen molar-refractivity contribution in [3.8, 4) is 10.7 Å². The number of amides is 1. The van der Waals surface area contributed by atoms with E-state index in [0.717, 1.165) is 53.8 Å². The Kier molecular flexibility index (Phi) is 5.75. The van der Waals surface area contributed by atoms with Crippen LogP contribution in [-0.4, -0.2) is 43.6 Å². The summed E-state index contributed by atoms with van der Waals surface area (Å²) in [5.41, 5.74) is 1.14. The summed E-state index contributed by atoms with van der Waals surface area (Å²) in [5, 5.41) is 12.5. The maximum Gasteiger partial charge on any atom is 0.245 e. The Morgan fingerprint density at radius 2 is 2.32 bits per heavy atom. The van der Waals surface area contributed by atoms with Crippen LogP contribution in [0.25, 0.3) is 10.7 Å². The summed E-state index contributed by atoms with van der Waals surface area (Å²) in [7, 11) is 0. The molecule has 1 fully saturated rings. The van der Waals surface area contributed by atoms with Crippen molar-refractivity contribution in [1.29, 1.82) is 0 Å². The third-order valence-electron chi connectivity index (χ3n) is 5.20. The normalized spacial score (nSPS) is 18.4. The summed E-state index contributed by atoms with van der Waals surface area (Å²) < 4.78 is 2.32. The van der Waals surface area contributed by atoms with E-state index in [0.29, 0.717) is 10.7 Å². The lowest BCUT2D eigenvalue weighted by molar-refractivity contribution is -0.135.